The molecule has 1 rings (SSSR count). The van der Waals surface area contributed by atoms with E-state index in [1.54, 1.807) is 0 Å². The van der Waals surface area contributed by atoms with Gasteiger partial charge in [-0.1, -0.05) is 12.8 Å². The molecule has 0 atom stereocenters. The monoisotopic (exact) mass is 270 g/mol. The van der Waals surface area contributed by atoms with Gasteiger partial charge in [0.15, 0.2) is 0 Å². The lowest BCUT2D eigenvalue weighted by Crippen LogP contribution is -2.37. The number of hydrogen-bond acceptors (Lipinski definition) is 3. The first-order chi connectivity index (χ1) is 9.22. The molecule has 0 saturated heterocycles. The summed E-state index contributed by atoms with van der Waals surface area (Å²) in [7, 11) is 1.92. The van der Waals surface area contributed by atoms with Crippen molar-refractivity contribution < 1.29 is 9.53 Å². The van der Waals surface area contributed by atoms with Gasteiger partial charge in [0.25, 0.3) is 0 Å². The van der Waals surface area contributed by atoms with Gasteiger partial charge in [-0.3, -0.25) is 4.79 Å². The predicted molar refractivity (Wildman–Crippen MR) is 78.2 cm³/mol. The first kappa shape index (κ1) is 16.4. The molecule has 4 heteroatoms. The van der Waals surface area contributed by atoms with Crippen LogP contribution in [0, 0.1) is 5.41 Å². The third-order valence-electron chi connectivity index (χ3n) is 4.14. The lowest BCUT2D eigenvalue weighted by Gasteiger charge is -2.29. The van der Waals surface area contributed by atoms with Crippen molar-refractivity contribution >= 4 is 5.91 Å². The van der Waals surface area contributed by atoms with E-state index >= 15 is 0 Å². The topological polar surface area (TPSA) is 50.4 Å². The van der Waals surface area contributed by atoms with Crippen molar-refractivity contribution in [2.75, 3.05) is 33.4 Å². The van der Waals surface area contributed by atoms with Gasteiger partial charge in [0.2, 0.25) is 5.91 Å². The van der Waals surface area contributed by atoms with Crippen LogP contribution in [0.3, 0.4) is 0 Å². The molecule has 1 amide bonds. The van der Waals surface area contributed by atoms with Gasteiger partial charge in [-0.05, 0) is 51.6 Å². The second kappa shape index (κ2) is 9.32. The fraction of sp³-hybridized carbons (Fsp3) is 0.933. The predicted octanol–water partition coefficient (Wildman–Crippen LogP) is 2.09. The van der Waals surface area contributed by atoms with Crippen LogP contribution in [0.1, 0.15) is 51.9 Å². The maximum absolute atomic E-state index is 11.8. The maximum Gasteiger partial charge on any atom is 0.220 e. The molecular weight excluding hydrogens is 240 g/mol. The molecule has 2 N–H and O–H groups in total. The van der Waals surface area contributed by atoms with Gasteiger partial charge in [0, 0.05) is 26.2 Å². The lowest BCUT2D eigenvalue weighted by molar-refractivity contribution is -0.121. The highest BCUT2D eigenvalue weighted by molar-refractivity contribution is 5.75. The van der Waals surface area contributed by atoms with E-state index in [4.69, 9.17) is 4.74 Å². The smallest absolute Gasteiger partial charge is 0.220 e. The standard InChI is InChI=1S/C15H30N2O2/c1-3-19-12-10-15(8-4-5-9-15)13-17-14(18)7-6-11-16-2/h16H,3-13H2,1-2H3,(H,17,18). The Morgan fingerprint density at radius 3 is 2.68 bits per heavy atom. The minimum atomic E-state index is 0.193. The minimum Gasteiger partial charge on any atom is -0.382 e. The molecule has 0 aromatic heterocycles. The summed E-state index contributed by atoms with van der Waals surface area (Å²) in [6.45, 7) is 5.38. The molecule has 112 valence electrons. The second-order valence-corrected chi connectivity index (χ2v) is 5.64. The van der Waals surface area contributed by atoms with Crippen LogP contribution in [0.25, 0.3) is 0 Å². The molecule has 0 unspecified atom stereocenters. The first-order valence-corrected chi connectivity index (χ1v) is 7.71. The summed E-state index contributed by atoms with van der Waals surface area (Å²) in [5.74, 6) is 0.193. The molecule has 0 bridgehead atoms. The van der Waals surface area contributed by atoms with Crippen LogP contribution in [0.5, 0.6) is 0 Å². The Kier molecular flexibility index (Phi) is 8.07. The van der Waals surface area contributed by atoms with Crippen LogP contribution in [-0.2, 0) is 9.53 Å². The zero-order chi connectivity index (χ0) is 14.0. The van der Waals surface area contributed by atoms with Crippen LogP contribution in [-0.4, -0.2) is 39.3 Å². The number of rotatable bonds is 10. The number of carbonyl (C=O) groups excluding carboxylic acids is 1. The Balaban J connectivity index is 2.26. The van der Waals surface area contributed by atoms with E-state index in [9.17, 15) is 4.79 Å². The third-order valence-corrected chi connectivity index (χ3v) is 4.14. The Bertz CT molecular complexity index is 251. The van der Waals surface area contributed by atoms with Gasteiger partial charge in [-0.25, -0.2) is 0 Å². The van der Waals surface area contributed by atoms with Crippen LogP contribution >= 0.6 is 0 Å². The van der Waals surface area contributed by atoms with Gasteiger partial charge in [0.05, 0.1) is 0 Å². The Morgan fingerprint density at radius 2 is 2.05 bits per heavy atom. The molecule has 0 radical (unpaired) electrons. The van der Waals surface area contributed by atoms with Gasteiger partial charge in [0.1, 0.15) is 0 Å². The van der Waals surface area contributed by atoms with E-state index in [2.05, 4.69) is 10.6 Å². The summed E-state index contributed by atoms with van der Waals surface area (Å²) in [4.78, 5) is 11.8. The molecule has 0 heterocycles. The summed E-state index contributed by atoms with van der Waals surface area (Å²) in [6, 6.07) is 0. The van der Waals surface area contributed by atoms with Crippen LogP contribution < -0.4 is 10.6 Å². The number of ether oxygens (including phenoxy) is 1. The average molecular weight is 270 g/mol. The minimum absolute atomic E-state index is 0.193. The number of hydrogen-bond donors (Lipinski definition) is 2. The van der Waals surface area contributed by atoms with E-state index in [1.165, 1.54) is 25.7 Å². The Labute approximate surface area is 117 Å². The largest absolute Gasteiger partial charge is 0.382 e. The van der Waals surface area contributed by atoms with Crippen LogP contribution in [0.2, 0.25) is 0 Å². The fourth-order valence-corrected chi connectivity index (χ4v) is 2.87. The molecule has 1 saturated carbocycles. The van der Waals surface area contributed by atoms with Gasteiger partial charge in [-0.2, -0.15) is 0 Å². The Hall–Kier alpha value is -0.610. The summed E-state index contributed by atoms with van der Waals surface area (Å²) >= 11 is 0. The van der Waals surface area contributed by atoms with E-state index in [-0.39, 0.29) is 5.91 Å². The van der Waals surface area contributed by atoms with Crippen molar-refractivity contribution in [3.05, 3.63) is 0 Å². The number of amides is 1. The van der Waals surface area contributed by atoms with Crippen molar-refractivity contribution in [3.63, 3.8) is 0 Å². The van der Waals surface area contributed by atoms with Crippen molar-refractivity contribution in [2.45, 2.75) is 51.9 Å². The van der Waals surface area contributed by atoms with Crippen LogP contribution in [0.15, 0.2) is 0 Å². The van der Waals surface area contributed by atoms with E-state index in [1.807, 2.05) is 14.0 Å². The molecule has 1 fully saturated rings. The zero-order valence-electron chi connectivity index (χ0n) is 12.6. The lowest BCUT2D eigenvalue weighted by atomic mass is 9.83. The summed E-state index contributed by atoms with van der Waals surface area (Å²) in [5.41, 5.74) is 0.299. The second-order valence-electron chi connectivity index (χ2n) is 5.64. The van der Waals surface area contributed by atoms with Gasteiger partial charge in [-0.15, -0.1) is 0 Å². The van der Waals surface area contributed by atoms with E-state index < -0.39 is 0 Å². The van der Waals surface area contributed by atoms with Gasteiger partial charge >= 0.3 is 0 Å². The molecule has 4 nitrogen and oxygen atoms in total. The molecule has 0 spiro atoms. The van der Waals surface area contributed by atoms with E-state index in [0.717, 1.165) is 39.1 Å². The molecule has 0 aromatic carbocycles. The highest BCUT2D eigenvalue weighted by Gasteiger charge is 2.33. The summed E-state index contributed by atoms with van der Waals surface area (Å²) in [6.07, 6.45) is 7.67. The normalized spacial score (nSPS) is 17.6. The summed E-state index contributed by atoms with van der Waals surface area (Å²) in [5, 5.41) is 6.19. The molecule has 0 aromatic rings. The first-order valence-electron chi connectivity index (χ1n) is 7.71. The van der Waals surface area contributed by atoms with Crippen molar-refractivity contribution in [1.82, 2.24) is 10.6 Å². The van der Waals surface area contributed by atoms with Crippen molar-refractivity contribution in [3.8, 4) is 0 Å². The average Bonchev–Trinajstić information content (AvgIpc) is 2.87. The number of nitrogens with one attached hydrogen (secondary N) is 2. The highest BCUT2D eigenvalue weighted by Crippen LogP contribution is 2.40. The summed E-state index contributed by atoms with van der Waals surface area (Å²) < 4.78 is 5.49. The van der Waals surface area contributed by atoms with Crippen molar-refractivity contribution in [1.29, 1.82) is 0 Å². The number of carbonyl (C=O) groups is 1. The molecule has 1 aliphatic carbocycles. The third kappa shape index (κ3) is 6.39. The highest BCUT2D eigenvalue weighted by atomic mass is 16.5. The maximum atomic E-state index is 11.8. The van der Waals surface area contributed by atoms with E-state index in [0.29, 0.717) is 11.8 Å². The van der Waals surface area contributed by atoms with Crippen LogP contribution in [0.4, 0.5) is 0 Å². The molecule has 1 aliphatic rings. The molecular formula is C15H30N2O2. The van der Waals surface area contributed by atoms with Crippen molar-refractivity contribution in [2.24, 2.45) is 5.41 Å². The Morgan fingerprint density at radius 1 is 1.32 bits per heavy atom. The fourth-order valence-electron chi connectivity index (χ4n) is 2.87. The SMILES string of the molecule is CCOCCC1(CNC(=O)CCCNC)CCCC1. The van der Waals surface area contributed by atoms with Gasteiger partial charge < -0.3 is 15.4 Å². The quantitative estimate of drug-likeness (QED) is 0.598. The zero-order valence-corrected chi connectivity index (χ0v) is 12.6. The molecule has 19 heavy (non-hydrogen) atoms. The molecule has 0 aliphatic heterocycles.